The van der Waals surface area contributed by atoms with Crippen LogP contribution in [0.25, 0.3) is 0 Å². The van der Waals surface area contributed by atoms with Crippen molar-refractivity contribution in [3.8, 4) is 17.2 Å². The molecular weight excluding hydrogens is 306 g/mol. The molecule has 1 amide bonds. The molecule has 0 saturated heterocycles. The van der Waals surface area contributed by atoms with Crippen LogP contribution in [0.1, 0.15) is 29.7 Å². The molecule has 0 bridgehead atoms. The van der Waals surface area contributed by atoms with Gasteiger partial charge in [0.05, 0.1) is 26.7 Å². The number of hydrogen-bond acceptors (Lipinski definition) is 4. The Morgan fingerprint density at radius 1 is 1.17 bits per heavy atom. The second-order valence-electron chi connectivity index (χ2n) is 5.66. The highest BCUT2D eigenvalue weighted by atomic mass is 16.5. The minimum Gasteiger partial charge on any atom is -0.508 e. The van der Waals surface area contributed by atoms with Crippen molar-refractivity contribution in [3.63, 3.8) is 0 Å². The summed E-state index contributed by atoms with van der Waals surface area (Å²) in [6, 6.07) is 10.4. The summed E-state index contributed by atoms with van der Waals surface area (Å²) in [6.07, 6.45) is 0.128. The summed E-state index contributed by atoms with van der Waals surface area (Å²) in [6.45, 7) is 3.87. The Balaban J connectivity index is 2.13. The Labute approximate surface area is 142 Å². The molecule has 0 aliphatic heterocycles. The molecule has 5 nitrogen and oxygen atoms in total. The van der Waals surface area contributed by atoms with Crippen molar-refractivity contribution < 1.29 is 19.4 Å². The van der Waals surface area contributed by atoms with E-state index in [1.807, 2.05) is 26.0 Å². The molecule has 0 fully saturated rings. The molecule has 2 N–H and O–H groups in total. The topological polar surface area (TPSA) is 67.8 Å². The molecule has 5 heteroatoms. The van der Waals surface area contributed by atoms with E-state index in [-0.39, 0.29) is 24.1 Å². The summed E-state index contributed by atoms with van der Waals surface area (Å²) in [5.74, 6) is 1.26. The van der Waals surface area contributed by atoms with Crippen molar-refractivity contribution in [2.75, 3.05) is 14.2 Å². The van der Waals surface area contributed by atoms with E-state index < -0.39 is 0 Å². The van der Waals surface area contributed by atoms with Gasteiger partial charge in [0.1, 0.15) is 5.75 Å². The number of hydrogen-bond donors (Lipinski definition) is 2. The minimum absolute atomic E-state index is 0.127. The molecule has 0 unspecified atom stereocenters. The molecule has 0 aromatic heterocycles. The first-order valence-corrected chi connectivity index (χ1v) is 7.75. The van der Waals surface area contributed by atoms with Gasteiger partial charge < -0.3 is 19.9 Å². The summed E-state index contributed by atoms with van der Waals surface area (Å²) >= 11 is 0. The standard InChI is InChI=1S/C19H23NO4/c1-12-9-17(23-3)18(24-4)11-15(12)13(2)20-19(22)10-14-7-5-6-8-16(14)21/h5-9,11,13,21H,10H2,1-4H3,(H,20,22)/t13-/m1/s1. The molecule has 1 atom stereocenters. The third-order valence-electron chi connectivity index (χ3n) is 3.96. The molecule has 2 aromatic rings. The number of phenols is 1. The monoisotopic (exact) mass is 329 g/mol. The van der Waals surface area contributed by atoms with Crippen LogP contribution in [0.15, 0.2) is 36.4 Å². The van der Waals surface area contributed by atoms with Gasteiger partial charge in [-0.3, -0.25) is 4.79 Å². The number of rotatable bonds is 6. The summed E-state index contributed by atoms with van der Waals surface area (Å²) in [7, 11) is 3.17. The number of aromatic hydroxyl groups is 1. The highest BCUT2D eigenvalue weighted by Crippen LogP contribution is 2.32. The molecule has 24 heavy (non-hydrogen) atoms. The molecule has 128 valence electrons. The van der Waals surface area contributed by atoms with Crippen LogP contribution in [0.4, 0.5) is 0 Å². The molecule has 2 aromatic carbocycles. The Morgan fingerprint density at radius 2 is 1.79 bits per heavy atom. The van der Waals surface area contributed by atoms with Gasteiger partial charge in [-0.05, 0) is 43.2 Å². The zero-order valence-electron chi connectivity index (χ0n) is 14.4. The first kappa shape index (κ1) is 17.7. The number of para-hydroxylation sites is 1. The van der Waals surface area contributed by atoms with Crippen LogP contribution in [0.2, 0.25) is 0 Å². The maximum absolute atomic E-state index is 12.3. The van der Waals surface area contributed by atoms with Crippen LogP contribution in [0, 0.1) is 6.92 Å². The van der Waals surface area contributed by atoms with E-state index in [2.05, 4.69) is 5.32 Å². The third-order valence-corrected chi connectivity index (χ3v) is 3.96. The molecule has 0 saturated carbocycles. The zero-order valence-corrected chi connectivity index (χ0v) is 14.4. The van der Waals surface area contributed by atoms with Crippen LogP contribution in [-0.4, -0.2) is 25.2 Å². The Bertz CT molecular complexity index is 727. The molecule has 0 aliphatic carbocycles. The van der Waals surface area contributed by atoms with Gasteiger partial charge in [-0.15, -0.1) is 0 Å². The fourth-order valence-electron chi connectivity index (χ4n) is 2.67. The zero-order chi connectivity index (χ0) is 17.7. The van der Waals surface area contributed by atoms with Crippen molar-refractivity contribution in [1.29, 1.82) is 0 Å². The van der Waals surface area contributed by atoms with Crippen molar-refractivity contribution in [2.45, 2.75) is 26.3 Å². The van der Waals surface area contributed by atoms with Gasteiger partial charge in [0.2, 0.25) is 5.91 Å². The molecule has 0 aliphatic rings. The Kier molecular flexibility index (Phi) is 5.68. The number of aryl methyl sites for hydroxylation is 1. The summed E-state index contributed by atoms with van der Waals surface area (Å²) in [4.78, 5) is 12.3. The quantitative estimate of drug-likeness (QED) is 0.854. The summed E-state index contributed by atoms with van der Waals surface area (Å²) in [5, 5.41) is 12.7. The number of benzene rings is 2. The van der Waals surface area contributed by atoms with Crippen molar-refractivity contribution >= 4 is 5.91 Å². The van der Waals surface area contributed by atoms with Gasteiger partial charge in [0, 0.05) is 5.56 Å². The molecule has 0 spiro atoms. The van der Waals surface area contributed by atoms with Crippen LogP contribution < -0.4 is 14.8 Å². The van der Waals surface area contributed by atoms with E-state index in [1.165, 1.54) is 0 Å². The maximum Gasteiger partial charge on any atom is 0.225 e. The fourth-order valence-corrected chi connectivity index (χ4v) is 2.67. The van der Waals surface area contributed by atoms with Crippen molar-refractivity contribution in [3.05, 3.63) is 53.1 Å². The van der Waals surface area contributed by atoms with E-state index in [0.29, 0.717) is 17.1 Å². The van der Waals surface area contributed by atoms with Crippen molar-refractivity contribution in [2.24, 2.45) is 0 Å². The largest absolute Gasteiger partial charge is 0.508 e. The number of methoxy groups -OCH3 is 2. The van der Waals surface area contributed by atoms with E-state index in [4.69, 9.17) is 9.47 Å². The lowest BCUT2D eigenvalue weighted by Gasteiger charge is -2.19. The maximum atomic E-state index is 12.3. The second kappa shape index (κ2) is 7.73. The lowest BCUT2D eigenvalue weighted by atomic mass is 10.0. The first-order chi connectivity index (χ1) is 11.5. The second-order valence-corrected chi connectivity index (χ2v) is 5.66. The molecule has 0 radical (unpaired) electrons. The van der Waals surface area contributed by atoms with Gasteiger partial charge in [-0.25, -0.2) is 0 Å². The lowest BCUT2D eigenvalue weighted by molar-refractivity contribution is -0.121. The minimum atomic E-state index is -0.192. The highest BCUT2D eigenvalue weighted by Gasteiger charge is 2.16. The first-order valence-electron chi connectivity index (χ1n) is 7.75. The third kappa shape index (κ3) is 3.98. The number of carbonyl (C=O) groups is 1. The predicted molar refractivity (Wildman–Crippen MR) is 92.7 cm³/mol. The number of phenolic OH excluding ortho intramolecular Hbond substituents is 1. The van der Waals surface area contributed by atoms with E-state index in [0.717, 1.165) is 11.1 Å². The Morgan fingerprint density at radius 3 is 2.42 bits per heavy atom. The molecule has 0 heterocycles. The van der Waals surface area contributed by atoms with Gasteiger partial charge in [0.15, 0.2) is 11.5 Å². The number of ether oxygens (including phenoxy) is 2. The number of nitrogens with one attached hydrogen (secondary N) is 1. The van der Waals surface area contributed by atoms with Gasteiger partial charge >= 0.3 is 0 Å². The van der Waals surface area contributed by atoms with Gasteiger partial charge in [-0.2, -0.15) is 0 Å². The SMILES string of the molecule is COc1cc(C)c([C@@H](C)NC(=O)Cc2ccccc2O)cc1OC. The predicted octanol–water partition coefficient (Wildman–Crippen LogP) is 3.14. The summed E-state index contributed by atoms with van der Waals surface area (Å²) in [5.41, 5.74) is 2.56. The number of carbonyl (C=O) groups excluding carboxylic acids is 1. The van der Waals surface area contributed by atoms with E-state index in [1.54, 1.807) is 38.5 Å². The smallest absolute Gasteiger partial charge is 0.225 e. The molecular formula is C19H23NO4. The van der Waals surface area contributed by atoms with E-state index >= 15 is 0 Å². The lowest BCUT2D eigenvalue weighted by Crippen LogP contribution is -2.28. The van der Waals surface area contributed by atoms with Crippen LogP contribution in [-0.2, 0) is 11.2 Å². The fraction of sp³-hybridized carbons (Fsp3) is 0.316. The number of amides is 1. The van der Waals surface area contributed by atoms with Gasteiger partial charge in [0.25, 0.3) is 0 Å². The Hall–Kier alpha value is -2.69. The highest BCUT2D eigenvalue weighted by molar-refractivity contribution is 5.79. The summed E-state index contributed by atoms with van der Waals surface area (Å²) < 4.78 is 10.6. The van der Waals surface area contributed by atoms with Gasteiger partial charge in [-0.1, -0.05) is 18.2 Å². The average molecular weight is 329 g/mol. The van der Waals surface area contributed by atoms with Crippen LogP contribution in [0.3, 0.4) is 0 Å². The van der Waals surface area contributed by atoms with Crippen LogP contribution >= 0.6 is 0 Å². The average Bonchev–Trinajstić information content (AvgIpc) is 2.56. The van der Waals surface area contributed by atoms with E-state index in [9.17, 15) is 9.90 Å². The van der Waals surface area contributed by atoms with Crippen LogP contribution in [0.5, 0.6) is 17.2 Å². The normalized spacial score (nSPS) is 11.7. The van der Waals surface area contributed by atoms with Crippen molar-refractivity contribution in [1.82, 2.24) is 5.32 Å². The molecule has 2 rings (SSSR count).